The van der Waals surface area contributed by atoms with Gasteiger partial charge in [0.05, 0.1) is 0 Å². The molecule has 1 heterocycles. The molecule has 0 saturated carbocycles. The Kier molecular flexibility index (Phi) is 9.47. The Bertz CT molecular complexity index is 1080. The van der Waals surface area contributed by atoms with Crippen LogP contribution in [0.3, 0.4) is 0 Å². The third-order valence-corrected chi connectivity index (χ3v) is 6.34. The SMILES string of the molecule is O=C(Nc1ccccc1)Nc1ccc(C(=O)NCCCCN2CCN(Cc3ccccc3)CC2)cc1. The van der Waals surface area contributed by atoms with Crippen molar-refractivity contribution in [3.05, 3.63) is 96.1 Å². The lowest BCUT2D eigenvalue weighted by atomic mass is 10.2. The van der Waals surface area contributed by atoms with Crippen LogP contribution in [0.1, 0.15) is 28.8 Å². The van der Waals surface area contributed by atoms with Gasteiger partial charge >= 0.3 is 6.03 Å². The molecule has 3 aromatic rings. The molecule has 188 valence electrons. The van der Waals surface area contributed by atoms with E-state index in [9.17, 15) is 9.59 Å². The number of hydrogen-bond donors (Lipinski definition) is 3. The fourth-order valence-corrected chi connectivity index (χ4v) is 4.30. The Morgan fingerprint density at radius 1 is 0.667 bits per heavy atom. The van der Waals surface area contributed by atoms with Gasteiger partial charge in [0, 0.05) is 56.2 Å². The van der Waals surface area contributed by atoms with Crippen LogP contribution >= 0.6 is 0 Å². The lowest BCUT2D eigenvalue weighted by molar-refractivity contribution is 0.0951. The number of urea groups is 1. The number of amides is 3. The summed E-state index contributed by atoms with van der Waals surface area (Å²) >= 11 is 0. The van der Waals surface area contributed by atoms with E-state index in [-0.39, 0.29) is 11.9 Å². The predicted octanol–water partition coefficient (Wildman–Crippen LogP) is 4.66. The second-order valence-electron chi connectivity index (χ2n) is 9.09. The van der Waals surface area contributed by atoms with E-state index < -0.39 is 0 Å². The highest BCUT2D eigenvalue weighted by molar-refractivity contribution is 6.00. The molecule has 0 aromatic heterocycles. The van der Waals surface area contributed by atoms with Crippen molar-refractivity contribution >= 4 is 23.3 Å². The van der Waals surface area contributed by atoms with E-state index in [2.05, 4.69) is 56.1 Å². The summed E-state index contributed by atoms with van der Waals surface area (Å²) in [6.45, 7) is 7.16. The smallest absolute Gasteiger partial charge is 0.323 e. The van der Waals surface area contributed by atoms with Crippen molar-refractivity contribution in [2.75, 3.05) is 49.9 Å². The molecule has 1 fully saturated rings. The number of anilines is 2. The number of benzene rings is 3. The molecule has 4 rings (SSSR count). The lowest BCUT2D eigenvalue weighted by Crippen LogP contribution is -2.46. The average molecular weight is 486 g/mol. The number of nitrogens with one attached hydrogen (secondary N) is 3. The van der Waals surface area contributed by atoms with Crippen molar-refractivity contribution in [3.8, 4) is 0 Å². The highest BCUT2D eigenvalue weighted by atomic mass is 16.2. The minimum Gasteiger partial charge on any atom is -0.352 e. The van der Waals surface area contributed by atoms with Gasteiger partial charge in [-0.3, -0.25) is 9.69 Å². The molecule has 3 N–H and O–H groups in total. The van der Waals surface area contributed by atoms with E-state index in [1.165, 1.54) is 5.56 Å². The molecule has 0 atom stereocenters. The fourth-order valence-electron chi connectivity index (χ4n) is 4.30. The third-order valence-electron chi connectivity index (χ3n) is 6.34. The highest BCUT2D eigenvalue weighted by Crippen LogP contribution is 2.12. The fraction of sp³-hybridized carbons (Fsp3) is 0.310. The van der Waals surface area contributed by atoms with Crippen molar-refractivity contribution in [1.82, 2.24) is 15.1 Å². The predicted molar refractivity (Wildman–Crippen MR) is 145 cm³/mol. The zero-order chi connectivity index (χ0) is 25.0. The summed E-state index contributed by atoms with van der Waals surface area (Å²) in [7, 11) is 0. The number of carbonyl (C=O) groups excluding carboxylic acids is 2. The van der Waals surface area contributed by atoms with Crippen molar-refractivity contribution in [1.29, 1.82) is 0 Å². The number of hydrogen-bond acceptors (Lipinski definition) is 4. The van der Waals surface area contributed by atoms with Crippen molar-refractivity contribution in [3.63, 3.8) is 0 Å². The molecule has 0 aliphatic carbocycles. The van der Waals surface area contributed by atoms with Crippen LogP contribution < -0.4 is 16.0 Å². The first kappa shape index (κ1) is 25.4. The molecular formula is C29H35N5O2. The first-order chi connectivity index (χ1) is 17.7. The minimum atomic E-state index is -0.323. The summed E-state index contributed by atoms with van der Waals surface area (Å²) in [5.74, 6) is -0.0928. The van der Waals surface area contributed by atoms with Gasteiger partial charge in [0.1, 0.15) is 0 Å². The molecule has 36 heavy (non-hydrogen) atoms. The number of carbonyl (C=O) groups is 2. The van der Waals surface area contributed by atoms with Gasteiger partial charge in [-0.25, -0.2) is 4.79 Å². The second-order valence-corrected chi connectivity index (χ2v) is 9.09. The number of nitrogens with zero attached hydrogens (tertiary/aromatic N) is 2. The summed E-state index contributed by atoms with van der Waals surface area (Å²) in [5, 5.41) is 8.54. The maximum absolute atomic E-state index is 12.4. The molecule has 7 heteroatoms. The standard InChI is InChI=1S/C29H35N5O2/c35-28(25-13-15-27(16-14-25)32-29(36)31-26-11-5-2-6-12-26)30-17-7-8-18-33-19-21-34(22-20-33)23-24-9-3-1-4-10-24/h1-6,9-16H,7-8,17-23H2,(H,30,35)(H2,31,32,36). The Morgan fingerprint density at radius 3 is 1.92 bits per heavy atom. The first-order valence-electron chi connectivity index (χ1n) is 12.7. The molecular weight excluding hydrogens is 450 g/mol. The molecule has 3 aromatic carbocycles. The summed E-state index contributed by atoms with van der Waals surface area (Å²) in [6, 6.07) is 26.5. The molecule has 0 radical (unpaired) electrons. The molecule has 0 spiro atoms. The van der Waals surface area contributed by atoms with Gasteiger partial charge in [-0.1, -0.05) is 48.5 Å². The highest BCUT2D eigenvalue weighted by Gasteiger charge is 2.16. The van der Waals surface area contributed by atoms with Crippen LogP contribution in [0, 0.1) is 0 Å². The van der Waals surface area contributed by atoms with E-state index in [1.54, 1.807) is 24.3 Å². The van der Waals surface area contributed by atoms with E-state index >= 15 is 0 Å². The quantitative estimate of drug-likeness (QED) is 0.365. The Labute approximate surface area is 213 Å². The van der Waals surface area contributed by atoms with Crippen LogP contribution in [0.2, 0.25) is 0 Å². The van der Waals surface area contributed by atoms with E-state index in [0.29, 0.717) is 17.8 Å². The monoisotopic (exact) mass is 485 g/mol. The number of rotatable bonds is 10. The average Bonchev–Trinajstić information content (AvgIpc) is 2.91. The van der Waals surface area contributed by atoms with Gasteiger partial charge in [0.15, 0.2) is 0 Å². The largest absolute Gasteiger partial charge is 0.352 e. The van der Waals surface area contributed by atoms with Crippen LogP contribution in [0.25, 0.3) is 0 Å². The van der Waals surface area contributed by atoms with Crippen LogP contribution in [0.4, 0.5) is 16.2 Å². The van der Waals surface area contributed by atoms with Gasteiger partial charge < -0.3 is 20.9 Å². The van der Waals surface area contributed by atoms with Crippen LogP contribution in [-0.4, -0.2) is 61.0 Å². The summed E-state index contributed by atoms with van der Waals surface area (Å²) in [5.41, 5.74) is 3.31. The van der Waals surface area contributed by atoms with Crippen molar-refractivity contribution in [2.24, 2.45) is 0 Å². The Balaban J connectivity index is 1.08. The summed E-state index contributed by atoms with van der Waals surface area (Å²) in [6.07, 6.45) is 2.02. The first-order valence-corrected chi connectivity index (χ1v) is 12.7. The van der Waals surface area contributed by atoms with Crippen LogP contribution in [-0.2, 0) is 6.54 Å². The topological polar surface area (TPSA) is 76.7 Å². The maximum atomic E-state index is 12.4. The normalized spacial score (nSPS) is 14.2. The summed E-state index contributed by atoms with van der Waals surface area (Å²) in [4.78, 5) is 29.6. The third kappa shape index (κ3) is 8.22. The van der Waals surface area contributed by atoms with Crippen LogP contribution in [0.5, 0.6) is 0 Å². The molecule has 1 aliphatic rings. The minimum absolute atomic E-state index is 0.0928. The van der Waals surface area contributed by atoms with E-state index in [0.717, 1.165) is 57.8 Å². The van der Waals surface area contributed by atoms with Gasteiger partial charge in [-0.2, -0.15) is 0 Å². The number of unbranched alkanes of at least 4 members (excludes halogenated alkanes) is 1. The molecule has 1 aliphatic heterocycles. The van der Waals surface area contributed by atoms with Gasteiger partial charge in [-0.15, -0.1) is 0 Å². The Hall–Kier alpha value is -3.68. The molecule has 3 amide bonds. The lowest BCUT2D eigenvalue weighted by Gasteiger charge is -2.34. The maximum Gasteiger partial charge on any atom is 0.323 e. The molecule has 1 saturated heterocycles. The Morgan fingerprint density at radius 2 is 1.25 bits per heavy atom. The second kappa shape index (κ2) is 13.4. The zero-order valence-corrected chi connectivity index (χ0v) is 20.7. The van der Waals surface area contributed by atoms with Crippen molar-refractivity contribution in [2.45, 2.75) is 19.4 Å². The van der Waals surface area contributed by atoms with Gasteiger partial charge in [0.2, 0.25) is 0 Å². The molecule has 0 bridgehead atoms. The number of piperazine rings is 1. The zero-order valence-electron chi connectivity index (χ0n) is 20.7. The molecule has 7 nitrogen and oxygen atoms in total. The summed E-state index contributed by atoms with van der Waals surface area (Å²) < 4.78 is 0. The van der Waals surface area contributed by atoms with E-state index in [4.69, 9.17) is 0 Å². The van der Waals surface area contributed by atoms with Gasteiger partial charge in [-0.05, 0) is 61.3 Å². The number of para-hydroxylation sites is 1. The van der Waals surface area contributed by atoms with Crippen LogP contribution in [0.15, 0.2) is 84.9 Å². The van der Waals surface area contributed by atoms with Gasteiger partial charge in [0.25, 0.3) is 5.91 Å². The van der Waals surface area contributed by atoms with E-state index in [1.807, 2.05) is 30.3 Å². The van der Waals surface area contributed by atoms with Crippen molar-refractivity contribution < 1.29 is 9.59 Å². The molecule has 0 unspecified atom stereocenters.